The number of carboxylic acid groups (broad SMARTS) is 1. The number of hydrogen-bond donors (Lipinski definition) is 1. The highest BCUT2D eigenvalue weighted by Gasteiger charge is 2.27. The first-order chi connectivity index (χ1) is 9.99. The molecule has 0 aromatic heterocycles. The van der Waals surface area contributed by atoms with Gasteiger partial charge in [0.15, 0.2) is 0 Å². The largest absolute Gasteiger partial charge is 0.481 e. The number of nitro benzene ring substituents is 1. The molecule has 0 aliphatic heterocycles. The lowest BCUT2D eigenvalue weighted by atomic mass is 9.91. The number of nitrogens with zero attached hydrogens (tertiary/aromatic N) is 1. The number of halogens is 1. The van der Waals surface area contributed by atoms with Crippen molar-refractivity contribution in [3.63, 3.8) is 0 Å². The van der Waals surface area contributed by atoms with E-state index >= 15 is 0 Å². The molecule has 1 N–H and O–H groups in total. The average Bonchev–Trinajstić information content (AvgIpc) is 2.46. The van der Waals surface area contributed by atoms with Crippen molar-refractivity contribution < 1.29 is 14.8 Å². The maximum absolute atomic E-state index is 11.5. The van der Waals surface area contributed by atoms with Crippen LogP contribution in [-0.2, 0) is 11.2 Å². The Balaban J connectivity index is 2.38. The SMILES string of the molecule is O=C(O)C(Cc1ccc(Br)cc1)c1ccccc1[N+](=O)[O-]. The molecule has 108 valence electrons. The van der Waals surface area contributed by atoms with Crippen molar-refractivity contribution in [2.75, 3.05) is 0 Å². The first-order valence-electron chi connectivity index (χ1n) is 6.19. The van der Waals surface area contributed by atoms with Gasteiger partial charge in [0.05, 0.1) is 10.8 Å². The summed E-state index contributed by atoms with van der Waals surface area (Å²) in [6, 6.07) is 13.2. The molecule has 0 aliphatic rings. The third-order valence-corrected chi connectivity index (χ3v) is 3.69. The van der Waals surface area contributed by atoms with E-state index in [0.717, 1.165) is 10.0 Å². The Morgan fingerprint density at radius 1 is 1.19 bits per heavy atom. The summed E-state index contributed by atoms with van der Waals surface area (Å²) in [5.41, 5.74) is 0.865. The molecule has 0 fully saturated rings. The summed E-state index contributed by atoms with van der Waals surface area (Å²) < 4.78 is 0.892. The monoisotopic (exact) mass is 349 g/mol. The van der Waals surface area contributed by atoms with Gasteiger partial charge < -0.3 is 5.11 Å². The number of carboxylic acids is 1. The van der Waals surface area contributed by atoms with Gasteiger partial charge in [-0.2, -0.15) is 0 Å². The third-order valence-electron chi connectivity index (χ3n) is 3.16. The predicted octanol–water partition coefficient (Wildman–Crippen LogP) is 3.77. The fraction of sp³-hybridized carbons (Fsp3) is 0.133. The van der Waals surface area contributed by atoms with Crippen LogP contribution in [0.15, 0.2) is 53.0 Å². The number of carbonyl (C=O) groups is 1. The minimum absolute atomic E-state index is 0.165. The normalized spacial score (nSPS) is 11.9. The predicted molar refractivity (Wildman–Crippen MR) is 81.3 cm³/mol. The van der Waals surface area contributed by atoms with Crippen LogP contribution >= 0.6 is 15.9 Å². The first-order valence-corrected chi connectivity index (χ1v) is 6.99. The summed E-state index contributed by atoms with van der Waals surface area (Å²) in [6.45, 7) is 0. The molecule has 0 saturated heterocycles. The fourth-order valence-corrected chi connectivity index (χ4v) is 2.40. The molecule has 5 nitrogen and oxygen atoms in total. The van der Waals surface area contributed by atoms with Gasteiger partial charge in [0.2, 0.25) is 0 Å². The van der Waals surface area contributed by atoms with Gasteiger partial charge in [0.25, 0.3) is 5.69 Å². The summed E-state index contributed by atoms with van der Waals surface area (Å²) in [5.74, 6) is -2.03. The number of hydrogen-bond acceptors (Lipinski definition) is 3. The van der Waals surface area contributed by atoms with Crippen LogP contribution in [0.1, 0.15) is 17.0 Å². The minimum atomic E-state index is -1.08. The van der Waals surface area contributed by atoms with Crippen LogP contribution in [0.5, 0.6) is 0 Å². The summed E-state index contributed by atoms with van der Waals surface area (Å²) in [5, 5.41) is 20.5. The van der Waals surface area contributed by atoms with Crippen molar-refractivity contribution in [1.29, 1.82) is 0 Å². The van der Waals surface area contributed by atoms with Crippen molar-refractivity contribution in [3.05, 3.63) is 74.2 Å². The molecule has 6 heteroatoms. The van der Waals surface area contributed by atoms with Crippen LogP contribution in [0, 0.1) is 10.1 Å². The molecule has 0 radical (unpaired) electrons. The van der Waals surface area contributed by atoms with E-state index in [2.05, 4.69) is 15.9 Å². The Bertz CT molecular complexity index is 670. The molecule has 2 aromatic rings. The van der Waals surface area contributed by atoms with Crippen molar-refractivity contribution in [2.45, 2.75) is 12.3 Å². The van der Waals surface area contributed by atoms with Crippen molar-refractivity contribution in [3.8, 4) is 0 Å². The average molecular weight is 350 g/mol. The van der Waals surface area contributed by atoms with Crippen LogP contribution in [0.2, 0.25) is 0 Å². The lowest BCUT2D eigenvalue weighted by Crippen LogP contribution is -2.16. The van der Waals surface area contributed by atoms with Crippen LogP contribution in [0.25, 0.3) is 0 Å². The fourth-order valence-electron chi connectivity index (χ4n) is 2.13. The van der Waals surface area contributed by atoms with E-state index in [1.807, 2.05) is 12.1 Å². The highest BCUT2D eigenvalue weighted by atomic mass is 79.9. The van der Waals surface area contributed by atoms with Crippen molar-refractivity contribution in [1.82, 2.24) is 0 Å². The van der Waals surface area contributed by atoms with Gasteiger partial charge in [-0.1, -0.05) is 46.3 Å². The Morgan fingerprint density at radius 2 is 1.81 bits per heavy atom. The number of aliphatic carboxylic acids is 1. The van der Waals surface area contributed by atoms with Gasteiger partial charge in [-0.25, -0.2) is 0 Å². The van der Waals surface area contributed by atoms with E-state index < -0.39 is 16.8 Å². The molecular formula is C15H12BrNO4. The molecular weight excluding hydrogens is 338 g/mol. The van der Waals surface area contributed by atoms with E-state index in [1.54, 1.807) is 18.2 Å². The van der Waals surface area contributed by atoms with E-state index in [0.29, 0.717) is 0 Å². The van der Waals surface area contributed by atoms with E-state index in [1.165, 1.54) is 18.2 Å². The molecule has 0 bridgehead atoms. The molecule has 1 atom stereocenters. The van der Waals surface area contributed by atoms with Gasteiger partial charge in [0, 0.05) is 16.1 Å². The molecule has 0 saturated carbocycles. The molecule has 2 rings (SSSR count). The molecule has 21 heavy (non-hydrogen) atoms. The smallest absolute Gasteiger partial charge is 0.311 e. The second kappa shape index (κ2) is 6.49. The summed E-state index contributed by atoms with van der Waals surface area (Å²) in [6.07, 6.45) is 0.202. The Morgan fingerprint density at radius 3 is 2.38 bits per heavy atom. The number of benzene rings is 2. The molecule has 2 aromatic carbocycles. The maximum atomic E-state index is 11.5. The molecule has 0 amide bonds. The summed E-state index contributed by atoms with van der Waals surface area (Å²) in [4.78, 5) is 22.0. The van der Waals surface area contributed by atoms with Gasteiger partial charge in [-0.15, -0.1) is 0 Å². The Kier molecular flexibility index (Phi) is 4.70. The highest BCUT2D eigenvalue weighted by molar-refractivity contribution is 9.10. The van der Waals surface area contributed by atoms with Crippen LogP contribution in [0.3, 0.4) is 0 Å². The number of para-hydroxylation sites is 1. The van der Waals surface area contributed by atoms with E-state index in [-0.39, 0.29) is 17.7 Å². The van der Waals surface area contributed by atoms with E-state index in [9.17, 15) is 20.0 Å². The second-order valence-corrected chi connectivity index (χ2v) is 5.45. The quantitative estimate of drug-likeness (QED) is 0.658. The van der Waals surface area contributed by atoms with Gasteiger partial charge in [0.1, 0.15) is 0 Å². The van der Waals surface area contributed by atoms with Crippen LogP contribution < -0.4 is 0 Å². The lowest BCUT2D eigenvalue weighted by Gasteiger charge is -2.13. The van der Waals surface area contributed by atoms with Crippen LogP contribution in [0.4, 0.5) is 5.69 Å². The first kappa shape index (κ1) is 15.2. The van der Waals surface area contributed by atoms with Gasteiger partial charge in [-0.3, -0.25) is 14.9 Å². The Labute approximate surface area is 129 Å². The lowest BCUT2D eigenvalue weighted by molar-refractivity contribution is -0.385. The Hall–Kier alpha value is -2.21. The zero-order valence-corrected chi connectivity index (χ0v) is 12.5. The van der Waals surface area contributed by atoms with Crippen LogP contribution in [-0.4, -0.2) is 16.0 Å². The molecule has 0 aliphatic carbocycles. The second-order valence-electron chi connectivity index (χ2n) is 4.54. The summed E-state index contributed by atoms with van der Waals surface area (Å²) in [7, 11) is 0. The third kappa shape index (κ3) is 3.66. The van der Waals surface area contributed by atoms with Gasteiger partial charge >= 0.3 is 5.97 Å². The highest BCUT2D eigenvalue weighted by Crippen LogP contribution is 2.29. The van der Waals surface area contributed by atoms with Crippen molar-refractivity contribution >= 4 is 27.6 Å². The maximum Gasteiger partial charge on any atom is 0.311 e. The zero-order chi connectivity index (χ0) is 15.4. The molecule has 0 spiro atoms. The number of rotatable bonds is 5. The van der Waals surface area contributed by atoms with Crippen molar-refractivity contribution in [2.24, 2.45) is 0 Å². The van der Waals surface area contributed by atoms with Gasteiger partial charge in [-0.05, 0) is 24.1 Å². The topological polar surface area (TPSA) is 80.4 Å². The standard InChI is InChI=1S/C15H12BrNO4/c16-11-7-5-10(6-8-11)9-13(15(18)19)12-3-1-2-4-14(12)17(20)21/h1-8,13H,9H2,(H,18,19). The minimum Gasteiger partial charge on any atom is -0.481 e. The zero-order valence-electron chi connectivity index (χ0n) is 10.9. The summed E-state index contributed by atoms with van der Waals surface area (Å²) >= 11 is 3.31. The molecule has 1 unspecified atom stereocenters. The molecule has 0 heterocycles. The van der Waals surface area contributed by atoms with E-state index in [4.69, 9.17) is 0 Å². The number of nitro groups is 1.